The van der Waals surface area contributed by atoms with Crippen molar-refractivity contribution in [3.63, 3.8) is 0 Å². The van der Waals surface area contributed by atoms with Gasteiger partial charge in [0.2, 0.25) is 0 Å². The number of carbonyl (C=O) groups excluding carboxylic acids is 1. The molecule has 1 aliphatic heterocycles. The lowest BCUT2D eigenvalue weighted by Gasteiger charge is -2.18. The molecule has 2 aromatic carbocycles. The van der Waals surface area contributed by atoms with E-state index in [0.29, 0.717) is 41.9 Å². The summed E-state index contributed by atoms with van der Waals surface area (Å²) in [5.41, 5.74) is 13.8. The first-order chi connectivity index (χ1) is 16.7. The van der Waals surface area contributed by atoms with E-state index >= 15 is 0 Å². The zero-order valence-electron chi connectivity index (χ0n) is 18.3. The number of nitrogens with zero attached hydrogens (tertiary/aromatic N) is 5. The number of alkyl halides is 3. The Bertz CT molecular complexity index is 1400. The molecule has 1 aliphatic rings. The fourth-order valence-electron chi connectivity index (χ4n) is 4.19. The number of aromatic nitrogens is 4. The average molecular weight is 482 g/mol. The van der Waals surface area contributed by atoms with Gasteiger partial charge in [0.1, 0.15) is 17.8 Å². The molecule has 35 heavy (non-hydrogen) atoms. The summed E-state index contributed by atoms with van der Waals surface area (Å²) in [6.07, 6.45) is -2.56. The van der Waals surface area contributed by atoms with Crippen LogP contribution in [0.4, 0.5) is 35.2 Å². The monoisotopic (exact) mass is 482 g/mol. The second-order valence-corrected chi connectivity index (χ2v) is 8.27. The van der Waals surface area contributed by atoms with Gasteiger partial charge in [-0.2, -0.15) is 18.3 Å². The number of urea groups is 1. The number of hydrogen-bond donors (Lipinski definition) is 3. The number of halogens is 3. The number of nitrogens with one attached hydrogen (secondary N) is 1. The van der Waals surface area contributed by atoms with E-state index in [1.54, 1.807) is 16.8 Å². The molecular formula is C23H21F3N8O. The van der Waals surface area contributed by atoms with Crippen molar-refractivity contribution in [1.82, 2.24) is 24.6 Å². The van der Waals surface area contributed by atoms with E-state index in [1.807, 2.05) is 12.1 Å². The van der Waals surface area contributed by atoms with Gasteiger partial charge in [-0.25, -0.2) is 19.4 Å². The van der Waals surface area contributed by atoms with Gasteiger partial charge in [-0.15, -0.1) is 0 Å². The molecule has 3 heterocycles. The van der Waals surface area contributed by atoms with Crippen molar-refractivity contribution in [2.45, 2.75) is 18.6 Å². The molecule has 1 atom stereocenters. The molecule has 0 saturated carbocycles. The molecule has 2 aromatic heterocycles. The number of nitrogen functional groups attached to an aromatic ring is 2. The molecule has 12 heteroatoms. The zero-order valence-corrected chi connectivity index (χ0v) is 18.3. The molecular weight excluding hydrogens is 461 g/mol. The molecule has 0 radical (unpaired) electrons. The van der Waals surface area contributed by atoms with Gasteiger partial charge in [0.05, 0.1) is 17.0 Å². The standard InChI is InChI=1S/C23H21F3N8O/c24-23(25,26)14-2-1-3-16(10-14)31-22(35)33-9-8-17(11-33)34-21-18(20(28)29-12-30-21)19(32-34)13-4-6-15(27)7-5-13/h1-7,10,12,17H,8-9,11,27H2,(H,31,35)(H2,28,29,30)/t17-/m0/s1. The van der Waals surface area contributed by atoms with Crippen molar-refractivity contribution in [3.05, 3.63) is 60.4 Å². The number of benzene rings is 2. The molecule has 0 spiro atoms. The molecule has 180 valence electrons. The Hall–Kier alpha value is -4.35. The molecule has 1 saturated heterocycles. The zero-order chi connectivity index (χ0) is 24.7. The van der Waals surface area contributed by atoms with Gasteiger partial charge in [0.25, 0.3) is 0 Å². The van der Waals surface area contributed by atoms with Crippen molar-refractivity contribution in [3.8, 4) is 11.3 Å². The van der Waals surface area contributed by atoms with Crippen molar-refractivity contribution in [1.29, 1.82) is 0 Å². The third kappa shape index (κ3) is 4.29. The van der Waals surface area contributed by atoms with Crippen LogP contribution < -0.4 is 16.8 Å². The number of nitrogens with two attached hydrogens (primary N) is 2. The van der Waals surface area contributed by atoms with Gasteiger partial charge in [-0.1, -0.05) is 18.2 Å². The topological polar surface area (TPSA) is 128 Å². The summed E-state index contributed by atoms with van der Waals surface area (Å²) in [6.45, 7) is 0.696. The van der Waals surface area contributed by atoms with Crippen LogP contribution in [0.3, 0.4) is 0 Å². The number of amides is 2. The first kappa shape index (κ1) is 22.4. The van der Waals surface area contributed by atoms with E-state index in [2.05, 4.69) is 15.3 Å². The maximum absolute atomic E-state index is 13.0. The van der Waals surface area contributed by atoms with Gasteiger partial charge in [-0.05, 0) is 36.8 Å². The largest absolute Gasteiger partial charge is 0.416 e. The lowest BCUT2D eigenvalue weighted by atomic mass is 10.1. The highest BCUT2D eigenvalue weighted by molar-refractivity contribution is 5.98. The number of rotatable bonds is 3. The number of hydrogen-bond acceptors (Lipinski definition) is 6. The molecule has 0 bridgehead atoms. The van der Waals surface area contributed by atoms with E-state index < -0.39 is 17.8 Å². The van der Waals surface area contributed by atoms with Crippen LogP contribution in [0, 0.1) is 0 Å². The summed E-state index contributed by atoms with van der Waals surface area (Å²) in [5, 5.41) is 7.91. The highest BCUT2D eigenvalue weighted by Gasteiger charge is 2.32. The third-order valence-electron chi connectivity index (χ3n) is 5.94. The van der Waals surface area contributed by atoms with Crippen LogP contribution in [0.5, 0.6) is 0 Å². The summed E-state index contributed by atoms with van der Waals surface area (Å²) in [7, 11) is 0. The van der Waals surface area contributed by atoms with Crippen LogP contribution in [0.15, 0.2) is 54.9 Å². The van der Waals surface area contributed by atoms with E-state index in [9.17, 15) is 18.0 Å². The SMILES string of the molecule is Nc1ccc(-c2nn([C@H]3CCN(C(=O)Nc4cccc(C(F)(F)F)c4)C3)c3ncnc(N)c23)cc1. The van der Waals surface area contributed by atoms with Gasteiger partial charge in [0, 0.05) is 30.0 Å². The van der Waals surface area contributed by atoms with Crippen LogP contribution in [-0.2, 0) is 6.18 Å². The van der Waals surface area contributed by atoms with Gasteiger partial charge < -0.3 is 21.7 Å². The van der Waals surface area contributed by atoms with Crippen molar-refractivity contribution in [2.24, 2.45) is 0 Å². The quantitative estimate of drug-likeness (QED) is 0.376. The van der Waals surface area contributed by atoms with Crippen molar-refractivity contribution >= 4 is 34.3 Å². The summed E-state index contributed by atoms with van der Waals surface area (Å²) >= 11 is 0. The molecule has 0 unspecified atom stereocenters. The highest BCUT2D eigenvalue weighted by atomic mass is 19.4. The van der Waals surface area contributed by atoms with Crippen LogP contribution in [0.25, 0.3) is 22.3 Å². The van der Waals surface area contributed by atoms with E-state index in [0.717, 1.165) is 17.7 Å². The fraction of sp³-hybridized carbons (Fsp3) is 0.217. The Morgan fingerprint density at radius 1 is 1.09 bits per heavy atom. The van der Waals surface area contributed by atoms with E-state index in [-0.39, 0.29) is 17.5 Å². The summed E-state index contributed by atoms with van der Waals surface area (Å²) in [5.74, 6) is 0.283. The van der Waals surface area contributed by atoms with Crippen LogP contribution in [-0.4, -0.2) is 43.8 Å². The van der Waals surface area contributed by atoms with Crippen molar-refractivity contribution < 1.29 is 18.0 Å². The van der Waals surface area contributed by atoms with Crippen molar-refractivity contribution in [2.75, 3.05) is 29.9 Å². The molecule has 5 rings (SSSR count). The minimum atomic E-state index is -4.49. The predicted molar refractivity (Wildman–Crippen MR) is 125 cm³/mol. The Balaban J connectivity index is 1.39. The number of anilines is 3. The second kappa shape index (κ2) is 8.46. The maximum atomic E-state index is 13.0. The molecule has 1 fully saturated rings. The second-order valence-electron chi connectivity index (χ2n) is 8.27. The third-order valence-corrected chi connectivity index (χ3v) is 5.94. The minimum Gasteiger partial charge on any atom is -0.399 e. The number of likely N-dealkylation sites (tertiary alicyclic amines) is 1. The van der Waals surface area contributed by atoms with Crippen LogP contribution in [0.2, 0.25) is 0 Å². The minimum absolute atomic E-state index is 0.0731. The van der Waals surface area contributed by atoms with Gasteiger partial charge in [0.15, 0.2) is 5.65 Å². The normalized spacial score (nSPS) is 16.1. The molecule has 0 aliphatic carbocycles. The summed E-state index contributed by atoms with van der Waals surface area (Å²) in [4.78, 5) is 22.8. The fourth-order valence-corrected chi connectivity index (χ4v) is 4.19. The Labute approximate surface area is 197 Å². The Morgan fingerprint density at radius 3 is 2.60 bits per heavy atom. The molecule has 5 N–H and O–H groups in total. The predicted octanol–water partition coefficient (Wildman–Crippen LogP) is 4.16. The molecule has 2 amide bonds. The van der Waals surface area contributed by atoms with Crippen LogP contribution >= 0.6 is 0 Å². The van der Waals surface area contributed by atoms with Gasteiger partial charge >= 0.3 is 12.2 Å². The first-order valence-corrected chi connectivity index (χ1v) is 10.8. The Kier molecular flexibility index (Phi) is 5.42. The van der Waals surface area contributed by atoms with Gasteiger partial charge in [-0.3, -0.25) is 0 Å². The lowest BCUT2D eigenvalue weighted by Crippen LogP contribution is -2.33. The lowest BCUT2D eigenvalue weighted by molar-refractivity contribution is -0.137. The molecule has 9 nitrogen and oxygen atoms in total. The van der Waals surface area contributed by atoms with Crippen LogP contribution in [0.1, 0.15) is 18.0 Å². The first-order valence-electron chi connectivity index (χ1n) is 10.8. The summed E-state index contributed by atoms with van der Waals surface area (Å²) in [6, 6.07) is 11.0. The summed E-state index contributed by atoms with van der Waals surface area (Å²) < 4.78 is 40.7. The smallest absolute Gasteiger partial charge is 0.399 e. The molecule has 4 aromatic rings. The van der Waals surface area contributed by atoms with E-state index in [1.165, 1.54) is 23.4 Å². The number of carbonyl (C=O) groups is 1. The number of fused-ring (bicyclic) bond motifs is 1. The maximum Gasteiger partial charge on any atom is 0.416 e. The van der Waals surface area contributed by atoms with E-state index in [4.69, 9.17) is 16.6 Å². The Morgan fingerprint density at radius 2 is 1.86 bits per heavy atom. The highest BCUT2D eigenvalue weighted by Crippen LogP contribution is 2.34. The average Bonchev–Trinajstić information content (AvgIpc) is 3.45.